The number of hydrogen-bond donors (Lipinski definition) is 3. The van der Waals surface area contributed by atoms with Gasteiger partial charge in [0, 0.05) is 20.3 Å². The molecule has 30 heavy (non-hydrogen) atoms. The molecule has 3 amide bonds. The molecule has 0 aliphatic carbocycles. The van der Waals surface area contributed by atoms with Gasteiger partial charge in [-0.15, -0.1) is 0 Å². The number of amides is 3. The highest BCUT2D eigenvalue weighted by Crippen LogP contribution is 2.17. The fourth-order valence-corrected chi connectivity index (χ4v) is 2.37. The first-order chi connectivity index (χ1) is 13.6. The summed E-state index contributed by atoms with van der Waals surface area (Å²) in [6, 6.07) is -1.08. The zero-order valence-electron chi connectivity index (χ0n) is 20.1. The average Bonchev–Trinajstić information content (AvgIpc) is 2.56. The predicted octanol–water partition coefficient (Wildman–Crippen LogP) is 2.13. The predicted molar refractivity (Wildman–Crippen MR) is 115 cm³/mol. The normalized spacial score (nSPS) is 13.4. The molecule has 176 valence electrons. The van der Waals surface area contributed by atoms with Crippen molar-refractivity contribution in [3.63, 3.8) is 0 Å². The van der Waals surface area contributed by atoms with Gasteiger partial charge in [-0.2, -0.15) is 0 Å². The number of hydrogen-bond acceptors (Lipinski definition) is 6. The number of methoxy groups -OCH3 is 1. The lowest BCUT2D eigenvalue weighted by Crippen LogP contribution is -2.56. The van der Waals surface area contributed by atoms with E-state index >= 15 is 0 Å². The molecular formula is C21H41N3O6. The number of rotatable bonds is 12. The van der Waals surface area contributed by atoms with Crippen molar-refractivity contribution in [1.29, 1.82) is 0 Å². The maximum absolute atomic E-state index is 12.9. The van der Waals surface area contributed by atoms with Crippen LogP contribution in [0.25, 0.3) is 0 Å². The van der Waals surface area contributed by atoms with Crippen LogP contribution in [0.2, 0.25) is 0 Å². The van der Waals surface area contributed by atoms with Crippen LogP contribution in [0, 0.1) is 0 Å². The molecule has 0 saturated heterocycles. The molecule has 0 aromatic carbocycles. The quantitative estimate of drug-likeness (QED) is 0.436. The molecule has 0 aliphatic heterocycles. The Morgan fingerprint density at radius 2 is 1.60 bits per heavy atom. The third-order valence-corrected chi connectivity index (χ3v) is 3.96. The highest BCUT2D eigenvalue weighted by molar-refractivity contribution is 5.91. The highest BCUT2D eigenvalue weighted by Gasteiger charge is 2.32. The van der Waals surface area contributed by atoms with Crippen LogP contribution in [0.5, 0.6) is 0 Å². The molecule has 0 aromatic heterocycles. The Hall–Kier alpha value is -1.87. The fourth-order valence-electron chi connectivity index (χ4n) is 2.37. The van der Waals surface area contributed by atoms with E-state index in [1.54, 1.807) is 34.8 Å². The van der Waals surface area contributed by atoms with Crippen LogP contribution in [0.3, 0.4) is 0 Å². The van der Waals surface area contributed by atoms with Crippen molar-refractivity contribution >= 4 is 17.9 Å². The van der Waals surface area contributed by atoms with Crippen LogP contribution >= 0.6 is 0 Å². The summed E-state index contributed by atoms with van der Waals surface area (Å²) in [6.45, 7) is 15.7. The van der Waals surface area contributed by atoms with Crippen molar-refractivity contribution in [2.75, 3.05) is 26.9 Å². The SMILES string of the molecule is CCNC(=O)C[C@H](NC(=O)OC(C)(C)C)C(=O)NC(C)(C)COC(C)(C)CCOC. The average molecular weight is 432 g/mol. The van der Waals surface area contributed by atoms with Crippen LogP contribution in [0.1, 0.15) is 68.2 Å². The maximum Gasteiger partial charge on any atom is 0.408 e. The first-order valence-electron chi connectivity index (χ1n) is 10.3. The van der Waals surface area contributed by atoms with Crippen molar-refractivity contribution in [1.82, 2.24) is 16.0 Å². The van der Waals surface area contributed by atoms with Crippen LogP contribution in [0.4, 0.5) is 4.79 Å². The summed E-state index contributed by atoms with van der Waals surface area (Å²) < 4.78 is 16.3. The minimum Gasteiger partial charge on any atom is -0.444 e. The van der Waals surface area contributed by atoms with Gasteiger partial charge < -0.3 is 30.2 Å². The lowest BCUT2D eigenvalue weighted by Gasteiger charge is -2.33. The molecule has 0 heterocycles. The van der Waals surface area contributed by atoms with E-state index in [-0.39, 0.29) is 18.9 Å². The Morgan fingerprint density at radius 3 is 2.10 bits per heavy atom. The van der Waals surface area contributed by atoms with Gasteiger partial charge in [0.25, 0.3) is 0 Å². The summed E-state index contributed by atoms with van der Waals surface area (Å²) in [5.74, 6) is -0.834. The smallest absolute Gasteiger partial charge is 0.408 e. The second kappa shape index (κ2) is 12.1. The summed E-state index contributed by atoms with van der Waals surface area (Å²) in [5.41, 5.74) is -1.87. The zero-order valence-corrected chi connectivity index (χ0v) is 20.1. The molecule has 0 aromatic rings. The molecule has 0 bridgehead atoms. The zero-order chi connectivity index (χ0) is 23.6. The van der Waals surface area contributed by atoms with E-state index in [0.717, 1.165) is 0 Å². The Kier molecular flexibility index (Phi) is 11.3. The summed E-state index contributed by atoms with van der Waals surface area (Å²) in [7, 11) is 1.63. The van der Waals surface area contributed by atoms with Gasteiger partial charge in [0.2, 0.25) is 11.8 Å². The van der Waals surface area contributed by atoms with Crippen molar-refractivity contribution in [3.8, 4) is 0 Å². The van der Waals surface area contributed by atoms with Gasteiger partial charge >= 0.3 is 6.09 Å². The third-order valence-electron chi connectivity index (χ3n) is 3.96. The highest BCUT2D eigenvalue weighted by atomic mass is 16.6. The molecule has 9 nitrogen and oxygen atoms in total. The Labute approximate surface area is 181 Å². The molecule has 1 atom stereocenters. The van der Waals surface area contributed by atoms with Gasteiger partial charge in [0.1, 0.15) is 11.6 Å². The standard InChI is InChI=1S/C21H41N3O6/c1-10-22-16(25)13-15(23-18(27)30-19(2,3)4)17(26)24-20(5,6)14-29-21(7,8)11-12-28-9/h15H,10-14H2,1-9H3,(H,22,25)(H,23,27)(H,24,26)/t15-/m0/s1. The molecule has 0 saturated carbocycles. The van der Waals surface area contributed by atoms with Gasteiger partial charge in [-0.25, -0.2) is 4.79 Å². The van der Waals surface area contributed by atoms with Gasteiger partial charge in [-0.05, 0) is 61.8 Å². The number of carbonyl (C=O) groups is 3. The molecule has 0 spiro atoms. The van der Waals surface area contributed by atoms with E-state index in [0.29, 0.717) is 19.6 Å². The summed E-state index contributed by atoms with van der Waals surface area (Å²) in [6.07, 6.45) is -0.260. The van der Waals surface area contributed by atoms with Crippen molar-refractivity contribution in [3.05, 3.63) is 0 Å². The first-order valence-corrected chi connectivity index (χ1v) is 10.3. The second-order valence-corrected chi connectivity index (χ2v) is 9.52. The number of nitrogens with one attached hydrogen (secondary N) is 3. The van der Waals surface area contributed by atoms with E-state index in [2.05, 4.69) is 16.0 Å². The summed E-state index contributed by atoms with van der Waals surface area (Å²) >= 11 is 0. The molecule has 0 radical (unpaired) electrons. The summed E-state index contributed by atoms with van der Waals surface area (Å²) in [5, 5.41) is 7.98. The van der Waals surface area contributed by atoms with E-state index in [1.807, 2.05) is 27.7 Å². The van der Waals surface area contributed by atoms with Crippen LogP contribution in [-0.4, -0.2) is 67.6 Å². The topological polar surface area (TPSA) is 115 Å². The Morgan fingerprint density at radius 1 is 1.00 bits per heavy atom. The van der Waals surface area contributed by atoms with E-state index in [4.69, 9.17) is 14.2 Å². The van der Waals surface area contributed by atoms with Crippen molar-refractivity contribution < 1.29 is 28.6 Å². The number of alkyl carbamates (subject to hydrolysis) is 1. The Balaban J connectivity index is 5.09. The van der Waals surface area contributed by atoms with Crippen molar-refractivity contribution in [2.45, 2.75) is 91.0 Å². The van der Waals surface area contributed by atoms with E-state index in [9.17, 15) is 14.4 Å². The molecule has 0 fully saturated rings. The Bertz CT molecular complexity index is 570. The van der Waals surface area contributed by atoms with Crippen LogP contribution in [-0.2, 0) is 23.8 Å². The number of ether oxygens (including phenoxy) is 3. The van der Waals surface area contributed by atoms with Gasteiger partial charge in [-0.1, -0.05) is 0 Å². The van der Waals surface area contributed by atoms with E-state index in [1.165, 1.54) is 0 Å². The molecular weight excluding hydrogens is 390 g/mol. The largest absolute Gasteiger partial charge is 0.444 e. The lowest BCUT2D eigenvalue weighted by atomic mass is 10.0. The van der Waals surface area contributed by atoms with Gasteiger partial charge in [-0.3, -0.25) is 9.59 Å². The monoisotopic (exact) mass is 431 g/mol. The number of carbonyl (C=O) groups excluding carboxylic acids is 3. The van der Waals surface area contributed by atoms with E-state index < -0.39 is 34.8 Å². The minimum absolute atomic E-state index is 0.199. The van der Waals surface area contributed by atoms with Gasteiger partial charge in [0.15, 0.2) is 0 Å². The maximum atomic E-state index is 12.9. The van der Waals surface area contributed by atoms with Crippen LogP contribution in [0.15, 0.2) is 0 Å². The summed E-state index contributed by atoms with van der Waals surface area (Å²) in [4.78, 5) is 37.0. The lowest BCUT2D eigenvalue weighted by molar-refractivity contribution is -0.130. The molecule has 0 unspecified atom stereocenters. The molecule has 0 rings (SSSR count). The minimum atomic E-state index is -1.08. The van der Waals surface area contributed by atoms with Gasteiger partial charge in [0.05, 0.1) is 24.2 Å². The molecule has 3 N–H and O–H groups in total. The molecule has 9 heteroatoms. The third kappa shape index (κ3) is 13.4. The fraction of sp³-hybridized carbons (Fsp3) is 0.857. The van der Waals surface area contributed by atoms with Crippen molar-refractivity contribution in [2.24, 2.45) is 0 Å². The van der Waals surface area contributed by atoms with Crippen LogP contribution < -0.4 is 16.0 Å². The first kappa shape index (κ1) is 28.1. The molecule has 0 aliphatic rings. The second-order valence-electron chi connectivity index (χ2n) is 9.52.